The summed E-state index contributed by atoms with van der Waals surface area (Å²) in [6.45, 7) is 7.13. The minimum atomic E-state index is -0.0760. The normalized spacial score (nSPS) is 12.8. The zero-order valence-corrected chi connectivity index (χ0v) is 14.5. The number of rotatable bonds is 6. The molecule has 0 radical (unpaired) electrons. The van der Waals surface area contributed by atoms with Crippen molar-refractivity contribution in [2.75, 3.05) is 0 Å². The third kappa shape index (κ3) is 2.94. The molecule has 0 aliphatic carbocycles. The van der Waals surface area contributed by atoms with Crippen LogP contribution < -0.4 is 5.73 Å². The van der Waals surface area contributed by atoms with Gasteiger partial charge in [-0.25, -0.2) is 0 Å². The van der Waals surface area contributed by atoms with Crippen molar-refractivity contribution in [2.45, 2.75) is 52.6 Å². The highest BCUT2D eigenvalue weighted by Gasteiger charge is 2.20. The molecule has 2 rings (SSSR count). The van der Waals surface area contributed by atoms with Gasteiger partial charge in [-0.3, -0.25) is 4.68 Å². The van der Waals surface area contributed by atoms with Crippen LogP contribution in [0.3, 0.4) is 0 Å². The molecule has 0 aliphatic rings. The van der Waals surface area contributed by atoms with Gasteiger partial charge in [0, 0.05) is 19.0 Å². The first-order valence-corrected chi connectivity index (χ1v) is 8.49. The van der Waals surface area contributed by atoms with Crippen LogP contribution in [-0.4, -0.2) is 19.4 Å². The Kier molecular flexibility index (Phi) is 5.29. The molecule has 0 aliphatic heterocycles. The molecule has 1 atom stereocenters. The van der Waals surface area contributed by atoms with Crippen LogP contribution in [-0.2, 0) is 25.8 Å². The van der Waals surface area contributed by atoms with E-state index in [1.807, 2.05) is 4.68 Å². The Morgan fingerprint density at radius 3 is 2.55 bits per heavy atom. The van der Waals surface area contributed by atoms with E-state index >= 15 is 0 Å². The number of nitrogens with two attached hydrogens (primary N) is 1. The van der Waals surface area contributed by atoms with Crippen molar-refractivity contribution in [3.05, 3.63) is 26.4 Å². The summed E-state index contributed by atoms with van der Waals surface area (Å²) in [5, 5.41) is 8.75. The third-order valence-corrected chi connectivity index (χ3v) is 5.18. The van der Waals surface area contributed by atoms with Crippen molar-refractivity contribution in [3.8, 4) is 0 Å². The van der Waals surface area contributed by atoms with Gasteiger partial charge in [0.05, 0.1) is 26.4 Å². The van der Waals surface area contributed by atoms with Gasteiger partial charge >= 0.3 is 0 Å². The highest BCUT2D eigenvalue weighted by Crippen LogP contribution is 2.28. The summed E-state index contributed by atoms with van der Waals surface area (Å²) in [7, 11) is 0. The van der Waals surface area contributed by atoms with Crippen LogP contribution >= 0.6 is 27.5 Å². The molecular formula is C13H20BrN5S. The second kappa shape index (κ2) is 6.78. The fourth-order valence-corrected chi connectivity index (χ4v) is 3.72. The minimum Gasteiger partial charge on any atom is -0.323 e. The Morgan fingerprint density at radius 1 is 1.25 bits per heavy atom. The van der Waals surface area contributed by atoms with E-state index in [4.69, 9.17) is 5.73 Å². The van der Waals surface area contributed by atoms with Gasteiger partial charge in [0.15, 0.2) is 0 Å². The summed E-state index contributed by atoms with van der Waals surface area (Å²) in [5.41, 5.74) is 9.62. The molecule has 5 nitrogen and oxygen atoms in total. The molecule has 0 amide bonds. The molecule has 2 aromatic rings. The SMILES string of the molecule is CCc1nnsc1C(N)Cc1c(Br)c(CC)nn1CC. The Bertz CT molecular complexity index is 577. The Balaban J connectivity index is 2.27. The molecule has 0 fully saturated rings. The summed E-state index contributed by atoms with van der Waals surface area (Å²) in [5.74, 6) is 0. The summed E-state index contributed by atoms with van der Waals surface area (Å²) >= 11 is 5.07. The molecule has 2 heterocycles. The number of aryl methyl sites for hydroxylation is 3. The lowest BCUT2D eigenvalue weighted by atomic mass is 10.1. The molecule has 0 spiro atoms. The summed E-state index contributed by atoms with van der Waals surface area (Å²) in [6.07, 6.45) is 2.53. The van der Waals surface area contributed by atoms with Gasteiger partial charge in [-0.15, -0.1) is 5.10 Å². The van der Waals surface area contributed by atoms with E-state index in [0.29, 0.717) is 0 Å². The smallest absolute Gasteiger partial charge is 0.0801 e. The minimum absolute atomic E-state index is 0.0760. The van der Waals surface area contributed by atoms with Crippen molar-refractivity contribution < 1.29 is 0 Å². The van der Waals surface area contributed by atoms with Crippen LogP contribution in [0, 0.1) is 0 Å². The maximum atomic E-state index is 6.36. The van der Waals surface area contributed by atoms with E-state index in [2.05, 4.69) is 51.4 Å². The molecule has 2 N–H and O–H groups in total. The van der Waals surface area contributed by atoms with Gasteiger partial charge < -0.3 is 5.73 Å². The second-order valence-corrected chi connectivity index (χ2v) is 6.20. The molecular weight excluding hydrogens is 338 g/mol. The van der Waals surface area contributed by atoms with Crippen LogP contribution in [0.25, 0.3) is 0 Å². The summed E-state index contributed by atoms with van der Waals surface area (Å²) < 4.78 is 7.14. The lowest BCUT2D eigenvalue weighted by Gasteiger charge is -2.12. The quantitative estimate of drug-likeness (QED) is 0.862. The number of hydrogen-bond acceptors (Lipinski definition) is 5. The molecule has 0 saturated carbocycles. The van der Waals surface area contributed by atoms with E-state index in [1.54, 1.807) is 0 Å². The van der Waals surface area contributed by atoms with Gasteiger partial charge in [-0.1, -0.05) is 18.3 Å². The van der Waals surface area contributed by atoms with Crippen molar-refractivity contribution in [1.82, 2.24) is 19.4 Å². The topological polar surface area (TPSA) is 69.6 Å². The number of hydrogen-bond donors (Lipinski definition) is 1. The first-order chi connectivity index (χ1) is 9.62. The maximum Gasteiger partial charge on any atom is 0.0801 e. The predicted molar refractivity (Wildman–Crippen MR) is 84.9 cm³/mol. The number of nitrogens with zero attached hydrogens (tertiary/aromatic N) is 4. The van der Waals surface area contributed by atoms with Crippen molar-refractivity contribution in [3.63, 3.8) is 0 Å². The zero-order valence-electron chi connectivity index (χ0n) is 12.1. The first kappa shape index (κ1) is 15.6. The fraction of sp³-hybridized carbons (Fsp3) is 0.615. The predicted octanol–water partition coefficient (Wildman–Crippen LogP) is 2.88. The van der Waals surface area contributed by atoms with Gasteiger partial charge in [0.25, 0.3) is 0 Å². The molecule has 0 aromatic carbocycles. The van der Waals surface area contributed by atoms with Crippen molar-refractivity contribution in [2.24, 2.45) is 5.73 Å². The van der Waals surface area contributed by atoms with Crippen molar-refractivity contribution in [1.29, 1.82) is 0 Å². The van der Waals surface area contributed by atoms with Gasteiger partial charge in [-0.05, 0) is 47.2 Å². The van der Waals surface area contributed by atoms with Crippen LogP contribution in [0.15, 0.2) is 4.47 Å². The molecule has 110 valence electrons. The Labute approximate surface area is 131 Å². The van der Waals surface area contributed by atoms with E-state index in [-0.39, 0.29) is 6.04 Å². The first-order valence-electron chi connectivity index (χ1n) is 6.92. The van der Waals surface area contributed by atoms with Gasteiger partial charge in [-0.2, -0.15) is 5.10 Å². The molecule has 0 saturated heterocycles. The monoisotopic (exact) mass is 357 g/mol. The second-order valence-electron chi connectivity index (χ2n) is 4.62. The van der Waals surface area contributed by atoms with Crippen LogP contribution in [0.5, 0.6) is 0 Å². The average Bonchev–Trinajstić information content (AvgIpc) is 3.04. The van der Waals surface area contributed by atoms with E-state index in [1.165, 1.54) is 11.5 Å². The summed E-state index contributed by atoms with van der Waals surface area (Å²) in [6, 6.07) is -0.0760. The third-order valence-electron chi connectivity index (χ3n) is 3.36. The number of aromatic nitrogens is 4. The molecule has 1 unspecified atom stereocenters. The zero-order chi connectivity index (χ0) is 14.7. The maximum absolute atomic E-state index is 6.36. The summed E-state index contributed by atoms with van der Waals surface area (Å²) in [4.78, 5) is 1.08. The lowest BCUT2D eigenvalue weighted by Crippen LogP contribution is -2.16. The number of halogens is 1. The molecule has 7 heteroatoms. The standard InChI is InChI=1S/C13H20BrN5S/c1-4-9-12(14)11(19(6-3)17-9)7-8(15)13-10(5-2)16-18-20-13/h8H,4-7,15H2,1-3H3. The Hall–Kier alpha value is -0.790. The molecule has 0 bridgehead atoms. The van der Waals surface area contributed by atoms with E-state index in [9.17, 15) is 0 Å². The van der Waals surface area contributed by atoms with Crippen LogP contribution in [0.4, 0.5) is 0 Å². The van der Waals surface area contributed by atoms with E-state index < -0.39 is 0 Å². The fourth-order valence-electron chi connectivity index (χ4n) is 2.26. The largest absolute Gasteiger partial charge is 0.323 e. The van der Waals surface area contributed by atoms with Gasteiger partial charge in [0.2, 0.25) is 0 Å². The highest BCUT2D eigenvalue weighted by molar-refractivity contribution is 9.10. The van der Waals surface area contributed by atoms with Gasteiger partial charge in [0.1, 0.15) is 0 Å². The Morgan fingerprint density at radius 2 is 1.95 bits per heavy atom. The van der Waals surface area contributed by atoms with Crippen molar-refractivity contribution >= 4 is 27.5 Å². The van der Waals surface area contributed by atoms with Crippen LogP contribution in [0.2, 0.25) is 0 Å². The lowest BCUT2D eigenvalue weighted by molar-refractivity contribution is 0.585. The molecule has 2 aromatic heterocycles. The van der Waals surface area contributed by atoms with E-state index in [0.717, 1.165) is 52.2 Å². The average molecular weight is 358 g/mol. The molecule has 20 heavy (non-hydrogen) atoms. The van der Waals surface area contributed by atoms with Crippen LogP contribution in [0.1, 0.15) is 48.8 Å². The highest BCUT2D eigenvalue weighted by atomic mass is 79.9.